The van der Waals surface area contributed by atoms with Crippen molar-refractivity contribution in [2.45, 2.75) is 59.1 Å². The van der Waals surface area contributed by atoms with E-state index in [2.05, 4.69) is 45.9 Å². The molecule has 3 atom stereocenters. The van der Waals surface area contributed by atoms with Gasteiger partial charge in [0, 0.05) is 6.04 Å². The van der Waals surface area contributed by atoms with Crippen LogP contribution in [0.25, 0.3) is 0 Å². The predicted molar refractivity (Wildman–Crippen MR) is 80.5 cm³/mol. The van der Waals surface area contributed by atoms with E-state index in [1.807, 2.05) is 0 Å². The van der Waals surface area contributed by atoms with Crippen molar-refractivity contribution in [1.82, 2.24) is 0 Å². The minimum atomic E-state index is 0.168. The molecule has 1 aliphatic rings. The van der Waals surface area contributed by atoms with E-state index in [1.54, 1.807) is 0 Å². The number of aryl methyl sites for hydroxylation is 1. The van der Waals surface area contributed by atoms with Crippen molar-refractivity contribution >= 4 is 0 Å². The molecular formula is C17H27NO. The highest BCUT2D eigenvalue weighted by molar-refractivity contribution is 5.38. The van der Waals surface area contributed by atoms with Crippen molar-refractivity contribution in [2.24, 2.45) is 17.6 Å². The van der Waals surface area contributed by atoms with Gasteiger partial charge in [0.05, 0.1) is 0 Å². The molecular weight excluding hydrogens is 234 g/mol. The SMILES string of the molecule is Cc1cccc(OC2CC(C(C)C)CCC2N)c1C. The summed E-state index contributed by atoms with van der Waals surface area (Å²) >= 11 is 0. The van der Waals surface area contributed by atoms with Gasteiger partial charge in [-0.05, 0) is 62.1 Å². The molecule has 19 heavy (non-hydrogen) atoms. The summed E-state index contributed by atoms with van der Waals surface area (Å²) in [5, 5.41) is 0. The smallest absolute Gasteiger partial charge is 0.122 e. The van der Waals surface area contributed by atoms with Crippen LogP contribution < -0.4 is 10.5 Å². The second-order valence-corrected chi connectivity index (χ2v) is 6.34. The molecule has 1 aromatic carbocycles. The molecule has 0 amide bonds. The number of ether oxygens (including phenoxy) is 1. The highest BCUT2D eigenvalue weighted by Gasteiger charge is 2.31. The van der Waals surface area contributed by atoms with Crippen molar-refractivity contribution < 1.29 is 4.74 Å². The fraction of sp³-hybridized carbons (Fsp3) is 0.647. The molecule has 2 nitrogen and oxygen atoms in total. The Balaban J connectivity index is 2.10. The number of nitrogens with two attached hydrogens (primary N) is 1. The fourth-order valence-electron chi connectivity index (χ4n) is 2.94. The van der Waals surface area contributed by atoms with E-state index in [1.165, 1.54) is 17.5 Å². The van der Waals surface area contributed by atoms with E-state index >= 15 is 0 Å². The van der Waals surface area contributed by atoms with Crippen molar-refractivity contribution in [2.75, 3.05) is 0 Å². The van der Waals surface area contributed by atoms with Crippen LogP contribution in [0.3, 0.4) is 0 Å². The first kappa shape index (κ1) is 14.4. The van der Waals surface area contributed by atoms with Gasteiger partial charge >= 0.3 is 0 Å². The average Bonchev–Trinajstić information content (AvgIpc) is 2.37. The molecule has 0 radical (unpaired) electrons. The molecule has 1 fully saturated rings. The average molecular weight is 261 g/mol. The van der Waals surface area contributed by atoms with Gasteiger partial charge in [-0.15, -0.1) is 0 Å². The van der Waals surface area contributed by atoms with Gasteiger partial charge in [-0.1, -0.05) is 26.0 Å². The van der Waals surface area contributed by atoms with Gasteiger partial charge in [-0.3, -0.25) is 0 Å². The molecule has 0 aromatic heterocycles. The van der Waals surface area contributed by atoms with E-state index in [0.717, 1.165) is 30.4 Å². The maximum Gasteiger partial charge on any atom is 0.122 e. The summed E-state index contributed by atoms with van der Waals surface area (Å²) in [6.45, 7) is 8.85. The first-order valence-corrected chi connectivity index (χ1v) is 7.47. The molecule has 0 aliphatic heterocycles. The van der Waals surface area contributed by atoms with Crippen LogP contribution in [0.15, 0.2) is 18.2 Å². The number of hydrogen-bond donors (Lipinski definition) is 1. The number of benzene rings is 1. The Labute approximate surface area is 117 Å². The van der Waals surface area contributed by atoms with Crippen LogP contribution >= 0.6 is 0 Å². The van der Waals surface area contributed by atoms with Gasteiger partial charge in [0.1, 0.15) is 11.9 Å². The van der Waals surface area contributed by atoms with E-state index in [4.69, 9.17) is 10.5 Å². The monoisotopic (exact) mass is 261 g/mol. The van der Waals surface area contributed by atoms with Crippen LogP contribution in [-0.4, -0.2) is 12.1 Å². The van der Waals surface area contributed by atoms with E-state index < -0.39 is 0 Å². The fourth-order valence-corrected chi connectivity index (χ4v) is 2.94. The molecule has 0 saturated heterocycles. The van der Waals surface area contributed by atoms with Crippen LogP contribution in [0.2, 0.25) is 0 Å². The Bertz CT molecular complexity index is 427. The summed E-state index contributed by atoms with van der Waals surface area (Å²) in [5.41, 5.74) is 8.77. The molecule has 1 aliphatic carbocycles. The molecule has 2 rings (SSSR count). The molecule has 2 N–H and O–H groups in total. The first-order valence-electron chi connectivity index (χ1n) is 7.47. The molecule has 1 saturated carbocycles. The zero-order valence-corrected chi connectivity index (χ0v) is 12.6. The second-order valence-electron chi connectivity index (χ2n) is 6.34. The molecule has 0 spiro atoms. The molecule has 106 valence electrons. The molecule has 0 bridgehead atoms. The standard InChI is InChI=1S/C17H27NO/c1-11(2)14-8-9-15(18)17(10-14)19-16-7-5-6-12(3)13(16)4/h5-7,11,14-15,17H,8-10,18H2,1-4H3. The second kappa shape index (κ2) is 5.96. The van der Waals surface area contributed by atoms with E-state index in [9.17, 15) is 0 Å². The predicted octanol–water partition coefficient (Wildman–Crippen LogP) is 3.83. The van der Waals surface area contributed by atoms with Crippen molar-refractivity contribution in [3.8, 4) is 5.75 Å². The van der Waals surface area contributed by atoms with E-state index in [-0.39, 0.29) is 12.1 Å². The summed E-state index contributed by atoms with van der Waals surface area (Å²) in [7, 11) is 0. The highest BCUT2D eigenvalue weighted by Crippen LogP contribution is 2.33. The van der Waals surface area contributed by atoms with Crippen LogP contribution in [0.1, 0.15) is 44.2 Å². The summed E-state index contributed by atoms with van der Waals surface area (Å²) in [6.07, 6.45) is 3.58. The zero-order chi connectivity index (χ0) is 14.0. The number of hydrogen-bond acceptors (Lipinski definition) is 2. The van der Waals surface area contributed by atoms with Gasteiger partial charge in [0.25, 0.3) is 0 Å². The van der Waals surface area contributed by atoms with Gasteiger partial charge in [0.2, 0.25) is 0 Å². The Morgan fingerprint density at radius 3 is 2.63 bits per heavy atom. The largest absolute Gasteiger partial charge is 0.489 e. The van der Waals surface area contributed by atoms with Crippen LogP contribution in [0.5, 0.6) is 5.75 Å². The van der Waals surface area contributed by atoms with Crippen LogP contribution in [0.4, 0.5) is 0 Å². The highest BCUT2D eigenvalue weighted by atomic mass is 16.5. The normalized spacial score (nSPS) is 27.6. The molecule has 2 heteroatoms. The van der Waals surface area contributed by atoms with E-state index in [0.29, 0.717) is 0 Å². The lowest BCUT2D eigenvalue weighted by atomic mass is 9.78. The Hall–Kier alpha value is -1.02. The molecule has 0 heterocycles. The van der Waals surface area contributed by atoms with Crippen molar-refractivity contribution in [3.05, 3.63) is 29.3 Å². The lowest BCUT2D eigenvalue weighted by molar-refractivity contribution is 0.0861. The number of rotatable bonds is 3. The van der Waals surface area contributed by atoms with Crippen LogP contribution in [-0.2, 0) is 0 Å². The summed E-state index contributed by atoms with van der Waals surface area (Å²) in [6, 6.07) is 6.43. The van der Waals surface area contributed by atoms with Gasteiger partial charge in [-0.2, -0.15) is 0 Å². The lowest BCUT2D eigenvalue weighted by Crippen LogP contribution is -2.44. The third-order valence-electron chi connectivity index (χ3n) is 4.66. The maximum absolute atomic E-state index is 6.25. The quantitative estimate of drug-likeness (QED) is 0.897. The third-order valence-corrected chi connectivity index (χ3v) is 4.66. The topological polar surface area (TPSA) is 35.2 Å². The van der Waals surface area contributed by atoms with Gasteiger partial charge < -0.3 is 10.5 Å². The summed E-state index contributed by atoms with van der Waals surface area (Å²) in [4.78, 5) is 0. The maximum atomic E-state index is 6.25. The Morgan fingerprint density at radius 2 is 1.95 bits per heavy atom. The van der Waals surface area contributed by atoms with Gasteiger partial charge in [0.15, 0.2) is 0 Å². The zero-order valence-electron chi connectivity index (χ0n) is 12.6. The Morgan fingerprint density at radius 1 is 1.21 bits per heavy atom. The van der Waals surface area contributed by atoms with Crippen LogP contribution in [0, 0.1) is 25.7 Å². The first-order chi connectivity index (χ1) is 8.99. The third kappa shape index (κ3) is 3.30. The van der Waals surface area contributed by atoms with Gasteiger partial charge in [-0.25, -0.2) is 0 Å². The van der Waals surface area contributed by atoms with Crippen molar-refractivity contribution in [1.29, 1.82) is 0 Å². The lowest BCUT2D eigenvalue weighted by Gasteiger charge is -2.36. The van der Waals surface area contributed by atoms with Crippen molar-refractivity contribution in [3.63, 3.8) is 0 Å². The summed E-state index contributed by atoms with van der Waals surface area (Å²) < 4.78 is 6.23. The minimum absolute atomic E-state index is 0.168. The molecule has 1 aromatic rings. The molecule has 3 unspecified atom stereocenters. The summed E-state index contributed by atoms with van der Waals surface area (Å²) in [5.74, 6) is 2.47. The minimum Gasteiger partial charge on any atom is -0.489 e. The Kier molecular flexibility index (Phi) is 4.51.